The Morgan fingerprint density at radius 1 is 1.41 bits per heavy atom. The topological polar surface area (TPSA) is 43.8 Å². The van der Waals surface area contributed by atoms with E-state index < -0.39 is 5.54 Å². The molecule has 0 saturated heterocycles. The summed E-state index contributed by atoms with van der Waals surface area (Å²) in [5, 5.41) is 0. The van der Waals surface area contributed by atoms with E-state index in [-0.39, 0.29) is 5.82 Å². The highest BCUT2D eigenvalue weighted by molar-refractivity contribution is 5.76. The van der Waals surface area contributed by atoms with Crippen LogP contribution in [0, 0.1) is 5.82 Å². The second-order valence-electron chi connectivity index (χ2n) is 4.92. The summed E-state index contributed by atoms with van der Waals surface area (Å²) in [6.07, 6.45) is 0.963. The number of fused-ring (bicyclic) bond motifs is 1. The summed E-state index contributed by atoms with van der Waals surface area (Å²) in [5.74, 6) is 0.447. The monoisotopic (exact) mass is 235 g/mol. The Balaban J connectivity index is 2.75. The van der Waals surface area contributed by atoms with E-state index in [0.29, 0.717) is 5.52 Å². The zero-order valence-electron chi connectivity index (χ0n) is 10.5. The maximum Gasteiger partial charge on any atom is 0.151 e. The van der Waals surface area contributed by atoms with Crippen LogP contribution < -0.4 is 5.73 Å². The van der Waals surface area contributed by atoms with Crippen molar-refractivity contribution in [3.05, 3.63) is 29.8 Å². The van der Waals surface area contributed by atoms with Crippen molar-refractivity contribution in [1.29, 1.82) is 0 Å². The largest absolute Gasteiger partial charge is 0.326 e. The van der Waals surface area contributed by atoms with Gasteiger partial charge in [0.1, 0.15) is 11.3 Å². The maximum atomic E-state index is 13.7. The van der Waals surface area contributed by atoms with E-state index >= 15 is 0 Å². The van der Waals surface area contributed by atoms with Crippen LogP contribution in [0.5, 0.6) is 0 Å². The standard InChI is InChI=1S/C13H18FN3/c1-4-8-17-10-7-5-6-9(14)11(10)16-12(17)13(2,3)15/h5-7H,4,8,15H2,1-3H3. The molecule has 1 aromatic heterocycles. The first-order valence-corrected chi connectivity index (χ1v) is 5.89. The number of benzene rings is 1. The molecule has 3 nitrogen and oxygen atoms in total. The van der Waals surface area contributed by atoms with E-state index in [0.717, 1.165) is 24.3 Å². The van der Waals surface area contributed by atoms with Crippen molar-refractivity contribution in [2.45, 2.75) is 39.3 Å². The van der Waals surface area contributed by atoms with E-state index in [1.807, 2.05) is 24.5 Å². The fourth-order valence-corrected chi connectivity index (χ4v) is 2.05. The summed E-state index contributed by atoms with van der Waals surface area (Å²) < 4.78 is 15.7. The van der Waals surface area contributed by atoms with E-state index in [1.165, 1.54) is 6.07 Å². The number of nitrogens with zero attached hydrogens (tertiary/aromatic N) is 2. The van der Waals surface area contributed by atoms with Crippen molar-refractivity contribution in [1.82, 2.24) is 9.55 Å². The lowest BCUT2D eigenvalue weighted by molar-refractivity contribution is 0.477. The number of aromatic nitrogens is 2. The molecule has 0 saturated carbocycles. The van der Waals surface area contributed by atoms with Gasteiger partial charge in [0.15, 0.2) is 5.82 Å². The van der Waals surface area contributed by atoms with Crippen LogP contribution in [0.15, 0.2) is 18.2 Å². The molecule has 2 N–H and O–H groups in total. The molecule has 2 aromatic rings. The molecule has 4 heteroatoms. The van der Waals surface area contributed by atoms with E-state index in [1.54, 1.807) is 6.07 Å². The number of aryl methyl sites for hydroxylation is 1. The van der Waals surface area contributed by atoms with Crippen LogP contribution in [0.4, 0.5) is 4.39 Å². The van der Waals surface area contributed by atoms with Crippen molar-refractivity contribution in [3.63, 3.8) is 0 Å². The van der Waals surface area contributed by atoms with Crippen LogP contribution in [0.2, 0.25) is 0 Å². The highest BCUT2D eigenvalue weighted by Gasteiger charge is 2.23. The third kappa shape index (κ3) is 2.05. The van der Waals surface area contributed by atoms with Gasteiger partial charge in [0.05, 0.1) is 11.1 Å². The van der Waals surface area contributed by atoms with E-state index in [9.17, 15) is 4.39 Å². The van der Waals surface area contributed by atoms with Gasteiger partial charge in [-0.25, -0.2) is 9.37 Å². The van der Waals surface area contributed by atoms with Gasteiger partial charge in [-0.05, 0) is 32.4 Å². The first-order valence-electron chi connectivity index (χ1n) is 5.89. The van der Waals surface area contributed by atoms with Crippen molar-refractivity contribution < 1.29 is 4.39 Å². The second kappa shape index (κ2) is 4.11. The molecule has 0 unspecified atom stereocenters. The Hall–Kier alpha value is -1.42. The van der Waals surface area contributed by atoms with Gasteiger partial charge in [-0.2, -0.15) is 0 Å². The number of hydrogen-bond acceptors (Lipinski definition) is 2. The van der Waals surface area contributed by atoms with Gasteiger partial charge >= 0.3 is 0 Å². The summed E-state index contributed by atoms with van der Waals surface area (Å²) in [5.41, 5.74) is 6.76. The number of halogens is 1. The van der Waals surface area contributed by atoms with E-state index in [4.69, 9.17) is 5.73 Å². The van der Waals surface area contributed by atoms with Gasteiger partial charge in [-0.3, -0.25) is 0 Å². The molecule has 1 aromatic carbocycles. The van der Waals surface area contributed by atoms with Gasteiger partial charge in [0.2, 0.25) is 0 Å². The van der Waals surface area contributed by atoms with Crippen molar-refractivity contribution in [2.75, 3.05) is 0 Å². The first-order chi connectivity index (χ1) is 7.95. The molecule has 92 valence electrons. The molecule has 0 aliphatic rings. The average molecular weight is 235 g/mol. The van der Waals surface area contributed by atoms with Gasteiger partial charge in [0, 0.05) is 6.54 Å². The molecule has 1 heterocycles. The Kier molecular flexibility index (Phi) is 2.91. The molecule has 0 aliphatic carbocycles. The average Bonchev–Trinajstić information content (AvgIpc) is 2.59. The maximum absolute atomic E-state index is 13.7. The lowest BCUT2D eigenvalue weighted by atomic mass is 10.1. The predicted molar refractivity (Wildman–Crippen MR) is 67.2 cm³/mol. The summed E-state index contributed by atoms with van der Waals surface area (Å²) >= 11 is 0. The first kappa shape index (κ1) is 12.0. The smallest absolute Gasteiger partial charge is 0.151 e. The Labute approximate surface area is 100 Å². The van der Waals surface area contributed by atoms with E-state index in [2.05, 4.69) is 11.9 Å². The Morgan fingerprint density at radius 2 is 2.12 bits per heavy atom. The summed E-state index contributed by atoms with van der Waals surface area (Å²) in [6.45, 7) is 6.66. The molecule has 0 amide bonds. The molecule has 0 aliphatic heterocycles. The van der Waals surface area contributed by atoms with Crippen molar-refractivity contribution in [2.24, 2.45) is 5.73 Å². The molecule has 17 heavy (non-hydrogen) atoms. The van der Waals surface area contributed by atoms with Gasteiger partial charge in [-0.1, -0.05) is 13.0 Å². The summed E-state index contributed by atoms with van der Waals surface area (Å²) in [7, 11) is 0. The fourth-order valence-electron chi connectivity index (χ4n) is 2.05. The second-order valence-corrected chi connectivity index (χ2v) is 4.92. The number of para-hydroxylation sites is 1. The normalized spacial score (nSPS) is 12.3. The lowest BCUT2D eigenvalue weighted by Crippen LogP contribution is -2.32. The number of nitrogens with two attached hydrogens (primary N) is 1. The quantitative estimate of drug-likeness (QED) is 0.889. The Morgan fingerprint density at radius 3 is 2.71 bits per heavy atom. The molecule has 0 fully saturated rings. The van der Waals surface area contributed by atoms with Crippen LogP contribution in [-0.4, -0.2) is 9.55 Å². The van der Waals surface area contributed by atoms with Crippen LogP contribution in [0.1, 0.15) is 33.0 Å². The third-order valence-electron chi connectivity index (χ3n) is 2.75. The number of imidazole rings is 1. The minimum atomic E-state index is -0.569. The van der Waals surface area contributed by atoms with Crippen LogP contribution in [0.3, 0.4) is 0 Å². The number of rotatable bonds is 3. The molecular formula is C13H18FN3. The third-order valence-corrected chi connectivity index (χ3v) is 2.75. The minimum absolute atomic E-state index is 0.289. The predicted octanol–water partition coefficient (Wildman–Crippen LogP) is 2.78. The highest BCUT2D eigenvalue weighted by atomic mass is 19.1. The minimum Gasteiger partial charge on any atom is -0.326 e. The van der Waals surface area contributed by atoms with Gasteiger partial charge in [-0.15, -0.1) is 0 Å². The van der Waals surface area contributed by atoms with Gasteiger partial charge < -0.3 is 10.3 Å². The zero-order chi connectivity index (χ0) is 12.6. The molecule has 0 bridgehead atoms. The Bertz CT molecular complexity index is 537. The van der Waals surface area contributed by atoms with Crippen molar-refractivity contribution >= 4 is 11.0 Å². The van der Waals surface area contributed by atoms with Gasteiger partial charge in [0.25, 0.3) is 0 Å². The SMILES string of the molecule is CCCn1c(C(C)(C)N)nc2c(F)cccc21. The van der Waals surface area contributed by atoms with Crippen molar-refractivity contribution in [3.8, 4) is 0 Å². The summed E-state index contributed by atoms with van der Waals surface area (Å²) in [4.78, 5) is 4.37. The van der Waals surface area contributed by atoms with Crippen LogP contribution >= 0.6 is 0 Å². The number of hydrogen-bond donors (Lipinski definition) is 1. The van der Waals surface area contributed by atoms with Crippen LogP contribution in [-0.2, 0) is 12.1 Å². The zero-order valence-corrected chi connectivity index (χ0v) is 10.5. The highest BCUT2D eigenvalue weighted by Crippen LogP contribution is 2.25. The molecule has 0 spiro atoms. The summed E-state index contributed by atoms with van der Waals surface area (Å²) in [6, 6.07) is 5.02. The molecule has 0 atom stereocenters. The van der Waals surface area contributed by atoms with Crippen LogP contribution in [0.25, 0.3) is 11.0 Å². The molecule has 2 rings (SSSR count). The lowest BCUT2D eigenvalue weighted by Gasteiger charge is -2.19. The molecular weight excluding hydrogens is 217 g/mol. The fraction of sp³-hybridized carbons (Fsp3) is 0.462. The molecule has 0 radical (unpaired) electrons.